The van der Waals surface area contributed by atoms with Crippen molar-refractivity contribution in [2.24, 2.45) is 34.8 Å². The Hall–Kier alpha value is -1.20. The Morgan fingerprint density at radius 1 is 0.917 bits per heavy atom. The van der Waals surface area contributed by atoms with E-state index >= 15 is 0 Å². The zero-order valence-electron chi connectivity index (χ0n) is 29.1. The van der Waals surface area contributed by atoms with E-state index in [2.05, 4.69) is 64.9 Å². The van der Waals surface area contributed by atoms with Crippen LogP contribution in [0.15, 0.2) is 45.3 Å². The van der Waals surface area contributed by atoms with Crippen LogP contribution in [0.3, 0.4) is 0 Å². The van der Waals surface area contributed by atoms with Crippen molar-refractivity contribution in [3.05, 3.63) is 66.5 Å². The minimum absolute atomic E-state index is 0.0108. The number of esters is 1. The first-order valence-corrected chi connectivity index (χ1v) is 19.0. The summed E-state index contributed by atoms with van der Waals surface area (Å²) in [6.07, 6.45) is 4.07. The van der Waals surface area contributed by atoms with Crippen LogP contribution in [-0.2, 0) is 25.3 Å². The van der Waals surface area contributed by atoms with Crippen molar-refractivity contribution in [3.8, 4) is 0 Å². The van der Waals surface area contributed by atoms with E-state index in [0.29, 0.717) is 35.2 Å². The molecule has 7 nitrogen and oxygen atoms in total. The van der Waals surface area contributed by atoms with Crippen molar-refractivity contribution in [2.75, 3.05) is 20.3 Å². The number of hydrogen-bond donors (Lipinski definition) is 4. The molecule has 0 spiro atoms. The minimum atomic E-state index is -0.589. The van der Waals surface area contributed by atoms with Gasteiger partial charge in [-0.3, -0.25) is 9.59 Å². The summed E-state index contributed by atoms with van der Waals surface area (Å²) in [5.41, 5.74) is 6.50. The lowest BCUT2D eigenvalue weighted by Gasteiger charge is -2.68. The number of benzene rings is 2. The Kier molecular flexibility index (Phi) is 14.1. The fourth-order valence-electron chi connectivity index (χ4n) is 7.91. The molecule has 3 saturated carbocycles. The van der Waals surface area contributed by atoms with Gasteiger partial charge in [-0.25, -0.2) is 0 Å². The van der Waals surface area contributed by atoms with Crippen molar-refractivity contribution in [2.45, 2.75) is 96.6 Å². The summed E-state index contributed by atoms with van der Waals surface area (Å²) in [6.45, 7) is 12.5. The Balaban J connectivity index is 0.000000297. The summed E-state index contributed by atoms with van der Waals surface area (Å²) in [6, 6.07) is 11.5. The summed E-state index contributed by atoms with van der Waals surface area (Å²) >= 11 is 19.3. The highest BCUT2D eigenvalue weighted by atomic mass is 79.9. The van der Waals surface area contributed by atoms with Crippen molar-refractivity contribution in [1.82, 2.24) is 5.32 Å². The highest BCUT2D eigenvalue weighted by Gasteiger charge is 2.73. The average Bonchev–Trinajstić information content (AvgIpc) is 3.00. The van der Waals surface area contributed by atoms with Gasteiger partial charge in [-0.05, 0) is 111 Å². The van der Waals surface area contributed by atoms with Crippen molar-refractivity contribution >= 4 is 66.9 Å². The molecule has 5 rings (SSSR count). The highest BCUT2D eigenvalue weighted by molar-refractivity contribution is 9.10. The molecule has 3 fully saturated rings. The van der Waals surface area contributed by atoms with Crippen molar-refractivity contribution in [1.29, 1.82) is 0 Å². The number of aliphatic hydroxyl groups is 2. The molecule has 0 aromatic heterocycles. The Morgan fingerprint density at radius 2 is 1.38 bits per heavy atom. The van der Waals surface area contributed by atoms with Crippen LogP contribution >= 0.6 is 55.1 Å². The Bertz CT molecular complexity index is 1440. The van der Waals surface area contributed by atoms with Crippen LogP contribution in [0.1, 0.15) is 91.2 Å². The zero-order valence-corrected chi connectivity index (χ0v) is 33.8. The maximum atomic E-state index is 13.1. The molecular weight excluding hydrogens is 783 g/mol. The monoisotopic (exact) mass is 832 g/mol. The van der Waals surface area contributed by atoms with Crippen LogP contribution in [-0.4, -0.2) is 48.0 Å². The van der Waals surface area contributed by atoms with E-state index in [9.17, 15) is 19.8 Å². The molecule has 5 N–H and O–H groups in total. The van der Waals surface area contributed by atoms with Gasteiger partial charge in [-0.15, -0.1) is 0 Å². The van der Waals surface area contributed by atoms with Crippen molar-refractivity contribution in [3.63, 3.8) is 0 Å². The van der Waals surface area contributed by atoms with E-state index in [1.807, 2.05) is 50.2 Å². The molecule has 11 heteroatoms. The molecule has 2 aromatic carbocycles. The lowest BCUT2D eigenvalue weighted by molar-refractivity contribution is -0.203. The molecule has 48 heavy (non-hydrogen) atoms. The molecule has 2 bridgehead atoms. The van der Waals surface area contributed by atoms with Crippen LogP contribution < -0.4 is 11.1 Å². The first-order chi connectivity index (χ1) is 22.4. The summed E-state index contributed by atoms with van der Waals surface area (Å²) in [7, 11) is 1.41. The van der Waals surface area contributed by atoms with E-state index in [1.54, 1.807) is 0 Å². The van der Waals surface area contributed by atoms with Crippen LogP contribution in [0, 0.1) is 29.1 Å². The van der Waals surface area contributed by atoms with E-state index in [-0.39, 0.29) is 54.8 Å². The molecule has 1 amide bonds. The summed E-state index contributed by atoms with van der Waals surface area (Å²) in [5, 5.41) is 24.3. The molecule has 0 saturated heterocycles. The maximum absolute atomic E-state index is 13.1. The van der Waals surface area contributed by atoms with E-state index in [0.717, 1.165) is 32.9 Å². The number of carbonyl (C=O) groups is 2. The molecule has 3 aliphatic rings. The second-order valence-electron chi connectivity index (χ2n) is 14.6. The van der Waals surface area contributed by atoms with Crippen LogP contribution in [0.4, 0.5) is 0 Å². The second kappa shape index (κ2) is 16.4. The van der Waals surface area contributed by atoms with Gasteiger partial charge in [0.25, 0.3) is 0 Å². The van der Waals surface area contributed by atoms with Gasteiger partial charge in [0.1, 0.15) is 0 Å². The molecule has 2 unspecified atom stereocenters. The number of ether oxygens (including phenoxy) is 1. The summed E-state index contributed by atoms with van der Waals surface area (Å²) in [4.78, 5) is 25.1. The molecular formula is C37H52Br2Cl2N2O5. The molecule has 3 aliphatic carbocycles. The standard InChI is InChI=1S/C23H31BrClNO4.C14H21BrClNO/c1-5-14(2)16(10-27)21(3,15-6-7-17(24)18(25)8-15)9-19(28)26-23-11-22(12-23,13-23)20(29)30-4;1-4-9(2)11(8-18)14(3,17)10-5-6-12(15)13(16)7-10/h6-8,14,16,27H,5,9-13H2,1-4H3,(H,26,28);5-7,9,11,18H,4,8,17H2,1-3H3/t14-,16?,21-,22?,23?;9-,11?,14-/m00/s1. The average molecular weight is 836 g/mol. The Morgan fingerprint density at radius 3 is 1.81 bits per heavy atom. The van der Waals surface area contributed by atoms with Crippen LogP contribution in [0.25, 0.3) is 0 Å². The summed E-state index contributed by atoms with van der Waals surface area (Å²) < 4.78 is 6.54. The highest BCUT2D eigenvalue weighted by Crippen LogP contribution is 2.67. The van der Waals surface area contributed by atoms with Gasteiger partial charge in [0, 0.05) is 51.0 Å². The van der Waals surface area contributed by atoms with Gasteiger partial charge in [-0.2, -0.15) is 0 Å². The predicted octanol–water partition coefficient (Wildman–Crippen LogP) is 8.55. The lowest BCUT2D eigenvalue weighted by atomic mass is 9.39. The molecule has 0 aliphatic heterocycles. The zero-order chi connectivity index (χ0) is 36.2. The summed E-state index contributed by atoms with van der Waals surface area (Å²) in [5.74, 6) is 0.265. The van der Waals surface area contributed by atoms with E-state index < -0.39 is 16.4 Å². The fraction of sp³-hybridized carbons (Fsp3) is 0.622. The molecule has 0 radical (unpaired) electrons. The SMILES string of the molecule is CC[C@H](C)C(CO)[C@@](C)(CC(=O)NC12CC(C(=O)OC)(C1)C2)c1ccc(Br)c(Cl)c1.CC[C@H](C)C(CO)[C@@](C)(N)c1ccc(Br)c(Cl)c1. The van der Waals surface area contributed by atoms with Crippen LogP contribution in [0.5, 0.6) is 0 Å². The largest absolute Gasteiger partial charge is 0.469 e. The minimum Gasteiger partial charge on any atom is -0.469 e. The molecule has 0 heterocycles. The van der Waals surface area contributed by atoms with E-state index in [1.165, 1.54) is 7.11 Å². The normalized spacial score (nSPS) is 24.5. The molecule has 268 valence electrons. The number of nitrogens with one attached hydrogen (secondary N) is 1. The third-order valence-corrected chi connectivity index (χ3v) is 13.8. The number of hydrogen-bond acceptors (Lipinski definition) is 6. The van der Waals surface area contributed by atoms with Gasteiger partial charge in [-0.1, -0.05) is 82.8 Å². The predicted molar refractivity (Wildman–Crippen MR) is 201 cm³/mol. The fourth-order valence-corrected chi connectivity index (χ4v) is 8.76. The number of halogens is 4. The Labute approximate surface area is 313 Å². The van der Waals surface area contributed by atoms with E-state index in [4.69, 9.17) is 33.7 Å². The third kappa shape index (κ3) is 8.46. The maximum Gasteiger partial charge on any atom is 0.312 e. The first-order valence-electron chi connectivity index (χ1n) is 16.7. The topological polar surface area (TPSA) is 122 Å². The molecule has 2 aromatic rings. The van der Waals surface area contributed by atoms with Gasteiger partial charge >= 0.3 is 5.97 Å². The van der Waals surface area contributed by atoms with Gasteiger partial charge in [0.05, 0.1) is 22.6 Å². The number of nitrogens with two attached hydrogens (primary N) is 1. The number of methoxy groups -OCH3 is 1. The van der Waals surface area contributed by atoms with Gasteiger partial charge in [0.2, 0.25) is 5.91 Å². The van der Waals surface area contributed by atoms with Gasteiger partial charge in [0.15, 0.2) is 0 Å². The second-order valence-corrected chi connectivity index (χ2v) is 17.1. The lowest BCUT2D eigenvalue weighted by Crippen LogP contribution is -2.77. The quantitative estimate of drug-likeness (QED) is 0.142. The smallest absolute Gasteiger partial charge is 0.312 e. The third-order valence-electron chi connectivity index (χ3n) is 11.3. The first kappa shape index (κ1) is 41.2. The van der Waals surface area contributed by atoms with Crippen molar-refractivity contribution < 1.29 is 24.5 Å². The number of aliphatic hydroxyl groups excluding tert-OH is 2. The molecule has 6 atom stereocenters. The number of amides is 1. The van der Waals surface area contributed by atoms with Gasteiger partial charge < -0.3 is 26.0 Å². The van der Waals surface area contributed by atoms with Crippen LogP contribution in [0.2, 0.25) is 10.0 Å². The number of carbonyl (C=O) groups excluding carboxylic acids is 2. The number of rotatable bonds is 14.